The SMILES string of the molecule is OC(Cc1cccc(Br)c1)c1nccs1. The van der Waals surface area contributed by atoms with Crippen molar-refractivity contribution in [2.24, 2.45) is 0 Å². The van der Waals surface area contributed by atoms with Crippen molar-refractivity contribution in [1.82, 2.24) is 4.98 Å². The van der Waals surface area contributed by atoms with Gasteiger partial charge in [0.05, 0.1) is 0 Å². The largest absolute Gasteiger partial charge is 0.386 e. The number of aliphatic hydroxyl groups excluding tert-OH is 1. The molecule has 4 heteroatoms. The summed E-state index contributed by atoms with van der Waals surface area (Å²) in [6.07, 6.45) is 1.82. The Bertz CT molecular complexity index is 430. The van der Waals surface area contributed by atoms with Crippen LogP contribution in [0.4, 0.5) is 0 Å². The first-order valence-corrected chi connectivity index (χ1v) is 6.25. The molecule has 2 rings (SSSR count). The monoisotopic (exact) mass is 283 g/mol. The summed E-state index contributed by atoms with van der Waals surface area (Å²) in [5.41, 5.74) is 1.10. The van der Waals surface area contributed by atoms with Crippen LogP contribution in [0.5, 0.6) is 0 Å². The number of aliphatic hydroxyl groups is 1. The van der Waals surface area contributed by atoms with Gasteiger partial charge in [-0.15, -0.1) is 11.3 Å². The van der Waals surface area contributed by atoms with Gasteiger partial charge in [-0.3, -0.25) is 0 Å². The van der Waals surface area contributed by atoms with Gasteiger partial charge in [0.15, 0.2) is 0 Å². The molecule has 0 amide bonds. The topological polar surface area (TPSA) is 33.1 Å². The van der Waals surface area contributed by atoms with Gasteiger partial charge in [0, 0.05) is 22.5 Å². The fourth-order valence-electron chi connectivity index (χ4n) is 1.37. The number of halogens is 1. The van der Waals surface area contributed by atoms with Crippen LogP contribution in [-0.4, -0.2) is 10.1 Å². The number of hydrogen-bond acceptors (Lipinski definition) is 3. The Morgan fingerprint density at radius 3 is 3.00 bits per heavy atom. The van der Waals surface area contributed by atoms with E-state index in [9.17, 15) is 5.11 Å². The van der Waals surface area contributed by atoms with Crippen molar-refractivity contribution in [3.8, 4) is 0 Å². The maximum atomic E-state index is 9.89. The molecule has 2 aromatic rings. The van der Waals surface area contributed by atoms with Crippen molar-refractivity contribution in [2.45, 2.75) is 12.5 Å². The van der Waals surface area contributed by atoms with Gasteiger partial charge in [-0.2, -0.15) is 0 Å². The normalized spacial score (nSPS) is 12.7. The Kier molecular flexibility index (Phi) is 3.51. The highest BCUT2D eigenvalue weighted by atomic mass is 79.9. The van der Waals surface area contributed by atoms with Gasteiger partial charge >= 0.3 is 0 Å². The zero-order valence-electron chi connectivity index (χ0n) is 7.93. The first-order valence-electron chi connectivity index (χ1n) is 4.57. The number of nitrogens with zero attached hydrogens (tertiary/aromatic N) is 1. The summed E-state index contributed by atoms with van der Waals surface area (Å²) in [7, 11) is 0. The van der Waals surface area contributed by atoms with Gasteiger partial charge in [-0.05, 0) is 17.7 Å². The van der Waals surface area contributed by atoms with Gasteiger partial charge in [-0.1, -0.05) is 28.1 Å². The zero-order chi connectivity index (χ0) is 10.7. The van der Waals surface area contributed by atoms with Crippen molar-refractivity contribution in [3.05, 3.63) is 50.9 Å². The Balaban J connectivity index is 2.09. The summed E-state index contributed by atoms with van der Waals surface area (Å²) in [4.78, 5) is 4.09. The predicted octanol–water partition coefficient (Wildman–Crippen LogP) is 3.18. The lowest BCUT2D eigenvalue weighted by molar-refractivity contribution is 0.178. The molecule has 0 saturated heterocycles. The fraction of sp³-hybridized carbons (Fsp3) is 0.182. The third-order valence-electron chi connectivity index (χ3n) is 2.05. The van der Waals surface area contributed by atoms with Gasteiger partial charge in [0.25, 0.3) is 0 Å². The highest BCUT2D eigenvalue weighted by Crippen LogP contribution is 2.21. The third-order valence-corrected chi connectivity index (χ3v) is 3.42. The average molecular weight is 284 g/mol. The van der Waals surface area contributed by atoms with E-state index >= 15 is 0 Å². The highest BCUT2D eigenvalue weighted by molar-refractivity contribution is 9.10. The molecule has 0 bridgehead atoms. The van der Waals surface area contributed by atoms with Crippen LogP contribution in [0.1, 0.15) is 16.7 Å². The predicted molar refractivity (Wildman–Crippen MR) is 64.9 cm³/mol. The van der Waals surface area contributed by atoms with Crippen molar-refractivity contribution in [2.75, 3.05) is 0 Å². The molecule has 2 nitrogen and oxygen atoms in total. The standard InChI is InChI=1S/C11H10BrNOS/c12-9-3-1-2-8(6-9)7-10(14)11-13-4-5-15-11/h1-6,10,14H,7H2. The molecule has 1 aromatic heterocycles. The molecular weight excluding hydrogens is 274 g/mol. The van der Waals surface area contributed by atoms with Gasteiger partial charge in [-0.25, -0.2) is 4.98 Å². The van der Waals surface area contributed by atoms with E-state index in [1.54, 1.807) is 6.20 Å². The lowest BCUT2D eigenvalue weighted by Crippen LogP contribution is -2.00. The molecule has 1 heterocycles. The highest BCUT2D eigenvalue weighted by Gasteiger charge is 2.10. The quantitative estimate of drug-likeness (QED) is 0.939. The van der Waals surface area contributed by atoms with E-state index < -0.39 is 6.10 Å². The fourth-order valence-corrected chi connectivity index (χ4v) is 2.44. The Morgan fingerprint density at radius 1 is 1.47 bits per heavy atom. The van der Waals surface area contributed by atoms with Crippen LogP contribution in [0.3, 0.4) is 0 Å². The van der Waals surface area contributed by atoms with Crippen LogP contribution < -0.4 is 0 Å². The second kappa shape index (κ2) is 4.88. The van der Waals surface area contributed by atoms with E-state index in [2.05, 4.69) is 20.9 Å². The lowest BCUT2D eigenvalue weighted by Gasteiger charge is -2.07. The lowest BCUT2D eigenvalue weighted by atomic mass is 10.1. The minimum Gasteiger partial charge on any atom is -0.386 e. The van der Waals surface area contributed by atoms with Gasteiger partial charge in [0.1, 0.15) is 11.1 Å². The molecule has 0 fully saturated rings. The van der Waals surface area contributed by atoms with Gasteiger partial charge in [0.2, 0.25) is 0 Å². The molecule has 0 radical (unpaired) electrons. The molecule has 0 spiro atoms. The van der Waals surface area contributed by atoms with Crippen molar-refractivity contribution < 1.29 is 5.11 Å². The molecule has 1 aromatic carbocycles. The number of thiazole rings is 1. The molecule has 0 aliphatic carbocycles. The Labute approximate surface area is 101 Å². The van der Waals surface area contributed by atoms with Crippen molar-refractivity contribution in [1.29, 1.82) is 0 Å². The second-order valence-corrected chi connectivity index (χ2v) is 5.06. The Morgan fingerprint density at radius 2 is 2.33 bits per heavy atom. The maximum Gasteiger partial charge on any atom is 0.121 e. The minimum absolute atomic E-state index is 0.501. The third kappa shape index (κ3) is 2.87. The number of aromatic nitrogens is 1. The summed E-state index contributed by atoms with van der Waals surface area (Å²) in [5.74, 6) is 0. The van der Waals surface area contributed by atoms with E-state index in [1.807, 2.05) is 29.6 Å². The smallest absolute Gasteiger partial charge is 0.121 e. The summed E-state index contributed by atoms with van der Waals surface area (Å²) in [5, 5.41) is 12.5. The van der Waals surface area contributed by atoms with Gasteiger partial charge < -0.3 is 5.11 Å². The van der Waals surface area contributed by atoms with Crippen LogP contribution in [0.2, 0.25) is 0 Å². The van der Waals surface area contributed by atoms with E-state index in [0.717, 1.165) is 15.0 Å². The molecule has 1 unspecified atom stereocenters. The molecule has 1 N–H and O–H groups in total. The maximum absolute atomic E-state index is 9.89. The molecule has 0 aliphatic heterocycles. The molecular formula is C11H10BrNOS. The van der Waals surface area contributed by atoms with Crippen molar-refractivity contribution >= 4 is 27.3 Å². The minimum atomic E-state index is -0.501. The second-order valence-electron chi connectivity index (χ2n) is 3.22. The van der Waals surface area contributed by atoms with Crippen LogP contribution >= 0.6 is 27.3 Å². The van der Waals surface area contributed by atoms with E-state index in [0.29, 0.717) is 6.42 Å². The molecule has 1 atom stereocenters. The van der Waals surface area contributed by atoms with Crippen molar-refractivity contribution in [3.63, 3.8) is 0 Å². The number of benzene rings is 1. The van der Waals surface area contributed by atoms with E-state index in [-0.39, 0.29) is 0 Å². The summed E-state index contributed by atoms with van der Waals surface area (Å²) in [6, 6.07) is 7.95. The summed E-state index contributed by atoms with van der Waals surface area (Å²) < 4.78 is 1.03. The van der Waals surface area contributed by atoms with E-state index in [1.165, 1.54) is 11.3 Å². The number of rotatable bonds is 3. The molecule has 0 saturated carbocycles. The molecule has 15 heavy (non-hydrogen) atoms. The molecule has 78 valence electrons. The van der Waals surface area contributed by atoms with Crippen LogP contribution in [0.15, 0.2) is 40.3 Å². The van der Waals surface area contributed by atoms with Crippen LogP contribution in [-0.2, 0) is 6.42 Å². The zero-order valence-corrected chi connectivity index (χ0v) is 10.3. The Hall–Kier alpha value is -0.710. The first-order chi connectivity index (χ1) is 7.25. The molecule has 0 aliphatic rings. The van der Waals surface area contributed by atoms with Crippen LogP contribution in [0, 0.1) is 0 Å². The first kappa shape index (κ1) is 10.8. The summed E-state index contributed by atoms with van der Waals surface area (Å²) >= 11 is 4.89. The van der Waals surface area contributed by atoms with Crippen LogP contribution in [0.25, 0.3) is 0 Å². The average Bonchev–Trinajstić information content (AvgIpc) is 2.70. The number of hydrogen-bond donors (Lipinski definition) is 1. The summed E-state index contributed by atoms with van der Waals surface area (Å²) in [6.45, 7) is 0. The van der Waals surface area contributed by atoms with E-state index in [4.69, 9.17) is 0 Å².